The Morgan fingerprint density at radius 1 is 1.25 bits per heavy atom. The number of carbonyl (C=O) groups is 1. The molecule has 0 aliphatic carbocycles. The van der Waals surface area contributed by atoms with E-state index in [1.54, 1.807) is 0 Å². The molecule has 4 heteroatoms. The minimum Gasteiger partial charge on any atom is -0.352 e. The molecular weight excluding hydrogens is 250 g/mol. The van der Waals surface area contributed by atoms with Gasteiger partial charge >= 0.3 is 0 Å². The van der Waals surface area contributed by atoms with Crippen molar-refractivity contribution in [3.05, 3.63) is 47.3 Å². The Hall–Kier alpha value is -2.10. The standard InChI is InChI=1S/C16H21N3O/c1-4-5-11-17-16(20)15-12(2)18-19(13(15)3)14-9-7-6-8-10-14/h6-10H,4-5,11H2,1-3H3,(H,17,20). The molecule has 1 amide bonds. The van der Waals surface area contributed by atoms with Crippen LogP contribution in [0.1, 0.15) is 41.5 Å². The summed E-state index contributed by atoms with van der Waals surface area (Å²) in [5, 5.41) is 7.44. The first-order chi connectivity index (χ1) is 9.65. The highest BCUT2D eigenvalue weighted by atomic mass is 16.1. The molecule has 0 saturated heterocycles. The molecule has 1 heterocycles. The van der Waals surface area contributed by atoms with Crippen LogP contribution >= 0.6 is 0 Å². The van der Waals surface area contributed by atoms with Gasteiger partial charge in [0.2, 0.25) is 0 Å². The molecule has 0 spiro atoms. The second-order valence-corrected chi connectivity index (χ2v) is 4.90. The Morgan fingerprint density at radius 3 is 2.60 bits per heavy atom. The van der Waals surface area contributed by atoms with Crippen molar-refractivity contribution in [3.63, 3.8) is 0 Å². The topological polar surface area (TPSA) is 46.9 Å². The predicted molar refractivity (Wildman–Crippen MR) is 80.3 cm³/mol. The first-order valence-corrected chi connectivity index (χ1v) is 7.05. The van der Waals surface area contributed by atoms with Gasteiger partial charge < -0.3 is 5.32 Å². The number of nitrogens with one attached hydrogen (secondary N) is 1. The molecule has 0 fully saturated rings. The highest BCUT2D eigenvalue weighted by Crippen LogP contribution is 2.17. The lowest BCUT2D eigenvalue weighted by molar-refractivity contribution is 0.0952. The quantitative estimate of drug-likeness (QED) is 0.850. The molecule has 1 aromatic carbocycles. The third-order valence-electron chi connectivity index (χ3n) is 3.34. The van der Waals surface area contributed by atoms with Gasteiger partial charge in [-0.15, -0.1) is 0 Å². The van der Waals surface area contributed by atoms with Gasteiger partial charge in [-0.3, -0.25) is 4.79 Å². The number of nitrogens with zero attached hydrogens (tertiary/aromatic N) is 2. The number of benzene rings is 1. The monoisotopic (exact) mass is 271 g/mol. The summed E-state index contributed by atoms with van der Waals surface area (Å²) in [6, 6.07) is 9.86. The molecule has 0 aliphatic rings. The Labute approximate surface area is 119 Å². The van der Waals surface area contributed by atoms with Gasteiger partial charge in [0.05, 0.1) is 22.6 Å². The summed E-state index contributed by atoms with van der Waals surface area (Å²) < 4.78 is 1.82. The SMILES string of the molecule is CCCCNC(=O)c1c(C)nn(-c2ccccc2)c1C. The smallest absolute Gasteiger partial charge is 0.255 e. The van der Waals surface area contributed by atoms with Gasteiger partial charge in [-0.2, -0.15) is 5.10 Å². The fourth-order valence-corrected chi connectivity index (χ4v) is 2.26. The number of rotatable bonds is 5. The van der Waals surface area contributed by atoms with E-state index in [0.717, 1.165) is 29.9 Å². The Balaban J connectivity index is 2.28. The van der Waals surface area contributed by atoms with Gasteiger partial charge in [-0.1, -0.05) is 31.5 Å². The molecule has 106 valence electrons. The molecule has 0 aliphatic heterocycles. The van der Waals surface area contributed by atoms with Crippen molar-refractivity contribution in [2.75, 3.05) is 6.54 Å². The molecule has 0 bridgehead atoms. The Morgan fingerprint density at radius 2 is 1.95 bits per heavy atom. The van der Waals surface area contributed by atoms with Crippen LogP contribution in [0.4, 0.5) is 0 Å². The molecule has 2 aromatic rings. The molecule has 0 saturated carbocycles. The van der Waals surface area contributed by atoms with E-state index in [-0.39, 0.29) is 5.91 Å². The maximum Gasteiger partial charge on any atom is 0.255 e. The molecule has 0 atom stereocenters. The second-order valence-electron chi connectivity index (χ2n) is 4.90. The van der Waals surface area contributed by atoms with Crippen LogP contribution in [0.15, 0.2) is 30.3 Å². The number of hydrogen-bond donors (Lipinski definition) is 1. The van der Waals surface area contributed by atoms with Gasteiger partial charge in [0.25, 0.3) is 5.91 Å². The number of aromatic nitrogens is 2. The number of para-hydroxylation sites is 1. The fourth-order valence-electron chi connectivity index (χ4n) is 2.26. The van der Waals surface area contributed by atoms with Crippen molar-refractivity contribution in [2.45, 2.75) is 33.6 Å². The van der Waals surface area contributed by atoms with Crippen molar-refractivity contribution >= 4 is 5.91 Å². The lowest BCUT2D eigenvalue weighted by atomic mass is 10.2. The van der Waals surface area contributed by atoms with Gasteiger partial charge in [0.15, 0.2) is 0 Å². The van der Waals surface area contributed by atoms with Crippen LogP contribution in [-0.4, -0.2) is 22.2 Å². The van der Waals surface area contributed by atoms with Crippen molar-refractivity contribution in [3.8, 4) is 5.69 Å². The molecule has 2 rings (SSSR count). The van der Waals surface area contributed by atoms with Crippen LogP contribution in [0.25, 0.3) is 5.69 Å². The number of hydrogen-bond acceptors (Lipinski definition) is 2. The van der Waals surface area contributed by atoms with Gasteiger partial charge in [0.1, 0.15) is 0 Å². The minimum atomic E-state index is -0.0318. The largest absolute Gasteiger partial charge is 0.352 e. The zero-order valence-electron chi connectivity index (χ0n) is 12.3. The Bertz CT molecular complexity index is 587. The normalized spacial score (nSPS) is 10.6. The lowest BCUT2D eigenvalue weighted by Gasteiger charge is -2.06. The van der Waals surface area contributed by atoms with E-state index < -0.39 is 0 Å². The van der Waals surface area contributed by atoms with E-state index in [2.05, 4.69) is 17.3 Å². The predicted octanol–water partition coefficient (Wildman–Crippen LogP) is 3.02. The van der Waals surface area contributed by atoms with Crippen LogP contribution in [-0.2, 0) is 0 Å². The Kier molecular flexibility index (Phi) is 4.56. The average molecular weight is 271 g/mol. The number of carbonyl (C=O) groups excluding carboxylic acids is 1. The maximum absolute atomic E-state index is 12.2. The van der Waals surface area contributed by atoms with Gasteiger partial charge in [-0.05, 0) is 32.4 Å². The summed E-state index contributed by atoms with van der Waals surface area (Å²) in [6.07, 6.45) is 2.07. The van der Waals surface area contributed by atoms with Gasteiger partial charge in [-0.25, -0.2) is 4.68 Å². The van der Waals surface area contributed by atoms with Crippen LogP contribution in [0, 0.1) is 13.8 Å². The second kappa shape index (κ2) is 6.37. The summed E-state index contributed by atoms with van der Waals surface area (Å²) in [4.78, 5) is 12.2. The summed E-state index contributed by atoms with van der Waals surface area (Å²) in [5.74, 6) is -0.0318. The number of aryl methyl sites for hydroxylation is 1. The van der Waals surface area contributed by atoms with Crippen LogP contribution in [0.5, 0.6) is 0 Å². The van der Waals surface area contributed by atoms with E-state index in [4.69, 9.17) is 0 Å². The van der Waals surface area contributed by atoms with E-state index >= 15 is 0 Å². The molecule has 0 radical (unpaired) electrons. The highest BCUT2D eigenvalue weighted by molar-refractivity contribution is 5.96. The minimum absolute atomic E-state index is 0.0318. The van der Waals surface area contributed by atoms with Crippen LogP contribution in [0.3, 0.4) is 0 Å². The zero-order chi connectivity index (χ0) is 14.5. The van der Waals surface area contributed by atoms with Crippen LogP contribution in [0.2, 0.25) is 0 Å². The van der Waals surface area contributed by atoms with Crippen molar-refractivity contribution in [1.82, 2.24) is 15.1 Å². The molecule has 4 nitrogen and oxygen atoms in total. The number of amides is 1. The zero-order valence-corrected chi connectivity index (χ0v) is 12.3. The summed E-state index contributed by atoms with van der Waals surface area (Å²) in [5.41, 5.74) is 3.30. The lowest BCUT2D eigenvalue weighted by Crippen LogP contribution is -2.25. The first-order valence-electron chi connectivity index (χ1n) is 7.05. The fraction of sp³-hybridized carbons (Fsp3) is 0.375. The van der Waals surface area contributed by atoms with E-state index in [1.807, 2.05) is 48.9 Å². The number of unbranched alkanes of at least 4 members (excludes halogenated alkanes) is 1. The molecule has 20 heavy (non-hydrogen) atoms. The third-order valence-corrected chi connectivity index (χ3v) is 3.34. The third kappa shape index (κ3) is 2.90. The molecular formula is C16H21N3O. The van der Waals surface area contributed by atoms with Crippen LogP contribution < -0.4 is 5.32 Å². The van der Waals surface area contributed by atoms with Crippen molar-refractivity contribution < 1.29 is 4.79 Å². The van der Waals surface area contributed by atoms with E-state index in [0.29, 0.717) is 12.1 Å². The average Bonchev–Trinajstić information content (AvgIpc) is 2.75. The van der Waals surface area contributed by atoms with E-state index in [9.17, 15) is 4.79 Å². The molecule has 1 N–H and O–H groups in total. The highest BCUT2D eigenvalue weighted by Gasteiger charge is 2.18. The molecule has 1 aromatic heterocycles. The summed E-state index contributed by atoms with van der Waals surface area (Å²) in [6.45, 7) is 6.63. The van der Waals surface area contributed by atoms with Gasteiger partial charge in [0, 0.05) is 6.54 Å². The molecule has 0 unspecified atom stereocenters. The van der Waals surface area contributed by atoms with E-state index in [1.165, 1.54) is 0 Å². The van der Waals surface area contributed by atoms with Crippen molar-refractivity contribution in [2.24, 2.45) is 0 Å². The first kappa shape index (κ1) is 14.3. The van der Waals surface area contributed by atoms with Crippen molar-refractivity contribution in [1.29, 1.82) is 0 Å². The summed E-state index contributed by atoms with van der Waals surface area (Å²) in [7, 11) is 0. The maximum atomic E-state index is 12.2. The summed E-state index contributed by atoms with van der Waals surface area (Å²) >= 11 is 0.